The Morgan fingerprint density at radius 3 is 2.60 bits per heavy atom. The van der Waals surface area contributed by atoms with Crippen LogP contribution in [0.1, 0.15) is 31.5 Å². The minimum Gasteiger partial charge on any atom is -0.468 e. The van der Waals surface area contributed by atoms with E-state index in [0.717, 1.165) is 30.3 Å². The van der Waals surface area contributed by atoms with Crippen LogP contribution in [0.15, 0.2) is 9.59 Å². The Kier molecular flexibility index (Phi) is 4.76. The fourth-order valence-electron chi connectivity index (χ4n) is 3.45. The molecule has 0 saturated heterocycles. The molecule has 3 rings (SSSR count). The van der Waals surface area contributed by atoms with Gasteiger partial charge in [-0.05, 0) is 12.8 Å². The van der Waals surface area contributed by atoms with E-state index < -0.39 is 11.2 Å². The number of aromatic amines is 1. The summed E-state index contributed by atoms with van der Waals surface area (Å²) in [5.41, 5.74) is -0.202. The zero-order valence-electron chi connectivity index (χ0n) is 14.7. The highest BCUT2D eigenvalue weighted by atomic mass is 16.5. The zero-order chi connectivity index (χ0) is 18.1. The molecule has 25 heavy (non-hydrogen) atoms. The van der Waals surface area contributed by atoms with E-state index in [4.69, 9.17) is 4.74 Å². The number of esters is 1. The van der Waals surface area contributed by atoms with Gasteiger partial charge in [0.1, 0.15) is 11.3 Å². The van der Waals surface area contributed by atoms with E-state index in [1.54, 1.807) is 7.05 Å². The molecule has 1 saturated carbocycles. The molecule has 0 aliphatic heterocycles. The van der Waals surface area contributed by atoms with Crippen molar-refractivity contribution in [3.63, 3.8) is 0 Å². The Morgan fingerprint density at radius 1 is 1.28 bits per heavy atom. The highest BCUT2D eigenvalue weighted by molar-refractivity contribution is 5.71. The van der Waals surface area contributed by atoms with Crippen LogP contribution in [0, 0.1) is 0 Å². The summed E-state index contributed by atoms with van der Waals surface area (Å²) >= 11 is 0. The van der Waals surface area contributed by atoms with Gasteiger partial charge in [0.25, 0.3) is 5.56 Å². The molecule has 0 bridgehead atoms. The second kappa shape index (κ2) is 6.83. The number of aromatic nitrogens is 4. The molecule has 0 atom stereocenters. The first kappa shape index (κ1) is 17.4. The molecule has 0 radical (unpaired) electrons. The van der Waals surface area contributed by atoms with Crippen LogP contribution in [-0.4, -0.2) is 49.7 Å². The Morgan fingerprint density at radius 2 is 1.96 bits per heavy atom. The number of carbonyl (C=O) groups excluding carboxylic acids is 1. The molecule has 136 valence electrons. The molecule has 0 amide bonds. The molecule has 2 aromatic rings. The lowest BCUT2D eigenvalue weighted by molar-refractivity contribution is -0.142. The quantitative estimate of drug-likeness (QED) is 0.755. The molecule has 1 fully saturated rings. The number of carbonyl (C=O) groups is 1. The van der Waals surface area contributed by atoms with Gasteiger partial charge >= 0.3 is 11.7 Å². The first-order chi connectivity index (χ1) is 11.9. The standard InChI is InChI=1S/C16H23N5O4/c1-19-14-13(15(23)20(2)16(19)24)17-11(18-14)8-21(9-12(22)25-3)10-6-4-5-7-10/h10H,4-9H2,1-3H3,(H,17,18). The van der Waals surface area contributed by atoms with Crippen molar-refractivity contribution >= 4 is 17.1 Å². The maximum absolute atomic E-state index is 12.3. The third kappa shape index (κ3) is 3.23. The SMILES string of the molecule is COC(=O)CN(Cc1nc2c([nH]1)c(=O)n(C)c(=O)n2C)C1CCCC1. The molecule has 1 N–H and O–H groups in total. The molecular weight excluding hydrogens is 326 g/mol. The van der Waals surface area contributed by atoms with E-state index in [2.05, 4.69) is 9.97 Å². The first-order valence-corrected chi connectivity index (χ1v) is 8.38. The zero-order valence-corrected chi connectivity index (χ0v) is 14.7. The Labute approximate surface area is 144 Å². The van der Waals surface area contributed by atoms with Gasteiger partial charge in [-0.2, -0.15) is 0 Å². The van der Waals surface area contributed by atoms with E-state index in [1.807, 2.05) is 4.90 Å². The van der Waals surface area contributed by atoms with Crippen molar-refractivity contribution in [3.8, 4) is 0 Å². The van der Waals surface area contributed by atoms with Crippen molar-refractivity contribution in [1.82, 2.24) is 24.0 Å². The van der Waals surface area contributed by atoms with Crippen LogP contribution in [0.2, 0.25) is 0 Å². The summed E-state index contributed by atoms with van der Waals surface area (Å²) in [6.45, 7) is 0.570. The third-order valence-electron chi connectivity index (χ3n) is 4.90. The molecule has 9 nitrogen and oxygen atoms in total. The summed E-state index contributed by atoms with van der Waals surface area (Å²) in [6.07, 6.45) is 4.32. The number of nitrogens with zero attached hydrogens (tertiary/aromatic N) is 4. The second-order valence-electron chi connectivity index (χ2n) is 6.51. The van der Waals surface area contributed by atoms with E-state index in [-0.39, 0.29) is 12.5 Å². The minimum atomic E-state index is -0.419. The predicted octanol–water partition coefficient (Wildman–Crippen LogP) is -0.122. The number of H-pyrrole nitrogens is 1. The van der Waals surface area contributed by atoms with Crippen molar-refractivity contribution in [2.45, 2.75) is 38.3 Å². The van der Waals surface area contributed by atoms with E-state index in [9.17, 15) is 14.4 Å². The summed E-state index contributed by atoms with van der Waals surface area (Å²) in [7, 11) is 4.39. The lowest BCUT2D eigenvalue weighted by atomic mass is 10.2. The fraction of sp³-hybridized carbons (Fsp3) is 0.625. The monoisotopic (exact) mass is 349 g/mol. The predicted molar refractivity (Wildman–Crippen MR) is 91.3 cm³/mol. The first-order valence-electron chi connectivity index (χ1n) is 8.38. The van der Waals surface area contributed by atoms with Crippen molar-refractivity contribution in [2.75, 3.05) is 13.7 Å². The Balaban J connectivity index is 1.95. The summed E-state index contributed by atoms with van der Waals surface area (Å²) in [5.74, 6) is 0.260. The molecule has 0 aromatic carbocycles. The van der Waals surface area contributed by atoms with Crippen molar-refractivity contribution in [3.05, 3.63) is 26.7 Å². The number of methoxy groups -OCH3 is 1. The van der Waals surface area contributed by atoms with Crippen LogP contribution in [0.3, 0.4) is 0 Å². The summed E-state index contributed by atoms with van der Waals surface area (Å²) in [5, 5.41) is 0. The second-order valence-corrected chi connectivity index (χ2v) is 6.51. The summed E-state index contributed by atoms with van der Waals surface area (Å²) in [4.78, 5) is 45.5. The highest BCUT2D eigenvalue weighted by Crippen LogP contribution is 2.24. The van der Waals surface area contributed by atoms with Gasteiger partial charge in [-0.3, -0.25) is 23.6 Å². The van der Waals surface area contributed by atoms with Gasteiger partial charge in [-0.15, -0.1) is 0 Å². The maximum Gasteiger partial charge on any atom is 0.332 e. The Hall–Kier alpha value is -2.42. The molecular formula is C16H23N5O4. The van der Waals surface area contributed by atoms with Crippen LogP contribution in [0.5, 0.6) is 0 Å². The number of hydrogen-bond acceptors (Lipinski definition) is 6. The van der Waals surface area contributed by atoms with Gasteiger partial charge in [0.2, 0.25) is 0 Å². The number of fused-ring (bicyclic) bond motifs is 1. The maximum atomic E-state index is 12.3. The van der Waals surface area contributed by atoms with Crippen molar-refractivity contribution in [1.29, 1.82) is 0 Å². The van der Waals surface area contributed by atoms with E-state index in [1.165, 1.54) is 18.7 Å². The number of hydrogen-bond donors (Lipinski definition) is 1. The largest absolute Gasteiger partial charge is 0.468 e. The van der Waals surface area contributed by atoms with Crippen LogP contribution in [-0.2, 0) is 30.2 Å². The van der Waals surface area contributed by atoms with Gasteiger partial charge in [-0.25, -0.2) is 9.78 Å². The molecule has 2 aromatic heterocycles. The van der Waals surface area contributed by atoms with Crippen LogP contribution in [0.25, 0.3) is 11.2 Å². The van der Waals surface area contributed by atoms with E-state index >= 15 is 0 Å². The number of ether oxygens (including phenoxy) is 1. The van der Waals surface area contributed by atoms with Gasteiger partial charge < -0.3 is 9.72 Å². The number of rotatable bonds is 5. The summed E-state index contributed by atoms with van der Waals surface area (Å²) < 4.78 is 7.19. The Bertz CT molecular complexity index is 904. The van der Waals surface area contributed by atoms with Gasteiger partial charge in [0.05, 0.1) is 20.2 Å². The van der Waals surface area contributed by atoms with E-state index in [0.29, 0.717) is 29.6 Å². The number of aryl methyl sites for hydroxylation is 1. The molecule has 0 spiro atoms. The van der Waals surface area contributed by atoms with Crippen molar-refractivity contribution in [2.24, 2.45) is 14.1 Å². The fourth-order valence-corrected chi connectivity index (χ4v) is 3.45. The average molecular weight is 349 g/mol. The molecule has 2 heterocycles. The van der Waals surface area contributed by atoms with Gasteiger partial charge in [0.15, 0.2) is 5.65 Å². The molecule has 0 unspecified atom stereocenters. The highest BCUT2D eigenvalue weighted by Gasteiger charge is 2.26. The van der Waals surface area contributed by atoms with Crippen molar-refractivity contribution < 1.29 is 9.53 Å². The van der Waals surface area contributed by atoms with Crippen LogP contribution < -0.4 is 11.2 Å². The van der Waals surface area contributed by atoms with Crippen LogP contribution in [0.4, 0.5) is 0 Å². The van der Waals surface area contributed by atoms with Gasteiger partial charge in [0, 0.05) is 20.1 Å². The molecule has 9 heteroatoms. The third-order valence-corrected chi connectivity index (χ3v) is 4.90. The summed E-state index contributed by atoms with van der Waals surface area (Å²) in [6, 6.07) is 0.291. The van der Waals surface area contributed by atoms with Gasteiger partial charge in [-0.1, -0.05) is 12.8 Å². The number of nitrogens with one attached hydrogen (secondary N) is 1. The smallest absolute Gasteiger partial charge is 0.332 e. The minimum absolute atomic E-state index is 0.176. The lowest BCUT2D eigenvalue weighted by Crippen LogP contribution is -2.37. The average Bonchev–Trinajstić information content (AvgIpc) is 3.27. The molecule has 1 aliphatic rings. The number of imidazole rings is 1. The molecule has 1 aliphatic carbocycles. The van der Waals surface area contributed by atoms with Crippen LogP contribution >= 0.6 is 0 Å². The topological polar surface area (TPSA) is 102 Å². The lowest BCUT2D eigenvalue weighted by Gasteiger charge is -2.26. The normalized spacial score (nSPS) is 15.4.